The zero-order valence-electron chi connectivity index (χ0n) is 12.1. The maximum atomic E-state index is 6.28. The fourth-order valence-electron chi connectivity index (χ4n) is 2.86. The third-order valence-electron chi connectivity index (χ3n) is 3.89. The molecule has 1 aliphatic carbocycles. The largest absolute Gasteiger partial charge is 0.489 e. The number of nitrogens with two attached hydrogens (primary N) is 1. The fraction of sp³-hybridized carbons (Fsp3) is 0.688. The van der Waals surface area contributed by atoms with Crippen molar-refractivity contribution in [1.82, 2.24) is 4.98 Å². The molecule has 106 valence electrons. The van der Waals surface area contributed by atoms with E-state index in [1.165, 1.54) is 32.1 Å². The van der Waals surface area contributed by atoms with E-state index in [0.717, 1.165) is 23.7 Å². The molecule has 0 amide bonds. The Morgan fingerprint density at radius 2 is 2.05 bits per heavy atom. The minimum Gasteiger partial charge on any atom is -0.489 e. The lowest BCUT2D eigenvalue weighted by Gasteiger charge is -2.16. The van der Waals surface area contributed by atoms with Gasteiger partial charge in [-0.05, 0) is 44.2 Å². The van der Waals surface area contributed by atoms with Crippen LogP contribution in [0.25, 0.3) is 0 Å². The Bertz CT molecular complexity index is 386. The summed E-state index contributed by atoms with van der Waals surface area (Å²) in [7, 11) is 0. The van der Waals surface area contributed by atoms with E-state index in [2.05, 4.69) is 4.98 Å². The van der Waals surface area contributed by atoms with Gasteiger partial charge in [0, 0.05) is 12.2 Å². The van der Waals surface area contributed by atoms with Crippen molar-refractivity contribution in [3.05, 3.63) is 24.0 Å². The number of pyridine rings is 1. The first kappa shape index (κ1) is 14.3. The minimum absolute atomic E-state index is 0.0869. The van der Waals surface area contributed by atoms with Gasteiger partial charge in [0.25, 0.3) is 0 Å². The van der Waals surface area contributed by atoms with Crippen molar-refractivity contribution in [3.63, 3.8) is 0 Å². The second-order valence-corrected chi connectivity index (χ2v) is 5.95. The highest BCUT2D eigenvalue weighted by atomic mass is 16.5. The number of aromatic nitrogens is 1. The molecular formula is C16H26N2O. The number of rotatable bonds is 6. The summed E-state index contributed by atoms with van der Waals surface area (Å²) in [6, 6.07) is 2.12. The van der Waals surface area contributed by atoms with E-state index in [4.69, 9.17) is 10.5 Å². The van der Waals surface area contributed by atoms with Gasteiger partial charge in [0.15, 0.2) is 0 Å². The van der Waals surface area contributed by atoms with E-state index >= 15 is 0 Å². The Morgan fingerprint density at radius 1 is 1.32 bits per heavy atom. The Labute approximate surface area is 116 Å². The number of ether oxygens (including phenoxy) is 1. The summed E-state index contributed by atoms with van der Waals surface area (Å²) in [5.74, 6) is 1.72. The molecule has 1 aliphatic rings. The molecule has 1 aromatic rings. The van der Waals surface area contributed by atoms with Crippen LogP contribution in [0.2, 0.25) is 0 Å². The summed E-state index contributed by atoms with van der Waals surface area (Å²) >= 11 is 0. The smallest absolute Gasteiger partial charge is 0.138 e. The molecule has 0 aromatic carbocycles. The Balaban J connectivity index is 1.88. The van der Waals surface area contributed by atoms with Crippen LogP contribution in [0.3, 0.4) is 0 Å². The molecule has 1 saturated carbocycles. The first-order chi connectivity index (χ1) is 9.15. The van der Waals surface area contributed by atoms with Crippen molar-refractivity contribution in [3.8, 4) is 5.75 Å². The van der Waals surface area contributed by atoms with Gasteiger partial charge in [0.1, 0.15) is 5.75 Å². The van der Waals surface area contributed by atoms with Crippen LogP contribution in [0.4, 0.5) is 0 Å². The van der Waals surface area contributed by atoms with Crippen LogP contribution >= 0.6 is 0 Å². The van der Waals surface area contributed by atoms with Gasteiger partial charge in [-0.3, -0.25) is 4.98 Å². The van der Waals surface area contributed by atoms with E-state index in [1.54, 1.807) is 6.20 Å². The highest BCUT2D eigenvalue weighted by Gasteiger charge is 2.17. The van der Waals surface area contributed by atoms with Crippen molar-refractivity contribution in [1.29, 1.82) is 0 Å². The van der Waals surface area contributed by atoms with E-state index < -0.39 is 0 Å². The van der Waals surface area contributed by atoms with E-state index in [-0.39, 0.29) is 12.1 Å². The molecule has 2 rings (SSSR count). The molecular weight excluding hydrogens is 236 g/mol. The number of hydrogen-bond acceptors (Lipinski definition) is 3. The summed E-state index contributed by atoms with van der Waals surface area (Å²) in [5.41, 5.74) is 7.37. The van der Waals surface area contributed by atoms with Gasteiger partial charge in [-0.2, -0.15) is 0 Å². The average molecular weight is 262 g/mol. The van der Waals surface area contributed by atoms with Crippen molar-refractivity contribution < 1.29 is 4.74 Å². The molecule has 3 nitrogen and oxygen atoms in total. The molecule has 0 radical (unpaired) electrons. The van der Waals surface area contributed by atoms with Crippen LogP contribution in [-0.4, -0.2) is 11.1 Å². The first-order valence-corrected chi connectivity index (χ1v) is 7.52. The molecule has 1 atom stereocenters. The van der Waals surface area contributed by atoms with Crippen molar-refractivity contribution in [2.75, 3.05) is 0 Å². The Morgan fingerprint density at radius 3 is 2.74 bits per heavy atom. The van der Waals surface area contributed by atoms with Gasteiger partial charge in [-0.25, -0.2) is 0 Å². The van der Waals surface area contributed by atoms with Gasteiger partial charge in [-0.1, -0.05) is 25.7 Å². The van der Waals surface area contributed by atoms with E-state index in [0.29, 0.717) is 0 Å². The molecule has 1 aromatic heterocycles. The predicted molar refractivity (Wildman–Crippen MR) is 78.1 cm³/mol. The summed E-state index contributed by atoms with van der Waals surface area (Å²) in [6.45, 7) is 4.04. The lowest BCUT2D eigenvalue weighted by Crippen LogP contribution is -2.13. The molecule has 1 unspecified atom stereocenters. The SMILES string of the molecule is CC(C)Oc1cncc(C(N)CCC2CCCC2)c1. The summed E-state index contributed by atoms with van der Waals surface area (Å²) in [4.78, 5) is 4.23. The zero-order chi connectivity index (χ0) is 13.7. The lowest BCUT2D eigenvalue weighted by molar-refractivity contribution is 0.241. The molecule has 3 heteroatoms. The van der Waals surface area contributed by atoms with Crippen molar-refractivity contribution >= 4 is 0 Å². The molecule has 2 N–H and O–H groups in total. The van der Waals surface area contributed by atoms with E-state index in [9.17, 15) is 0 Å². The van der Waals surface area contributed by atoms with Crippen LogP contribution in [0, 0.1) is 5.92 Å². The Kier molecular flexibility index (Phi) is 5.20. The third-order valence-corrected chi connectivity index (χ3v) is 3.89. The normalized spacial score (nSPS) is 17.9. The molecule has 0 bridgehead atoms. The highest BCUT2D eigenvalue weighted by Crippen LogP contribution is 2.31. The standard InChI is InChI=1S/C16H26N2O/c1-12(2)19-15-9-14(10-18-11-15)16(17)8-7-13-5-3-4-6-13/h9-13,16H,3-8,17H2,1-2H3. The second kappa shape index (κ2) is 6.90. The average Bonchev–Trinajstić information content (AvgIpc) is 2.88. The maximum absolute atomic E-state index is 6.28. The number of nitrogens with zero attached hydrogens (tertiary/aromatic N) is 1. The van der Waals surface area contributed by atoms with Crippen molar-refractivity contribution in [2.24, 2.45) is 11.7 Å². The van der Waals surface area contributed by atoms with Crippen LogP contribution in [0.15, 0.2) is 18.5 Å². The second-order valence-electron chi connectivity index (χ2n) is 5.95. The molecule has 1 heterocycles. The zero-order valence-corrected chi connectivity index (χ0v) is 12.1. The summed E-state index contributed by atoms with van der Waals surface area (Å²) in [6.07, 6.45) is 11.7. The van der Waals surface area contributed by atoms with Gasteiger partial charge < -0.3 is 10.5 Å². The summed E-state index contributed by atoms with van der Waals surface area (Å²) < 4.78 is 5.66. The predicted octanol–water partition coefficient (Wildman–Crippen LogP) is 3.84. The molecule has 0 spiro atoms. The first-order valence-electron chi connectivity index (χ1n) is 7.52. The number of hydrogen-bond donors (Lipinski definition) is 1. The van der Waals surface area contributed by atoms with Crippen LogP contribution in [-0.2, 0) is 0 Å². The van der Waals surface area contributed by atoms with Gasteiger partial charge in [0.2, 0.25) is 0 Å². The fourth-order valence-corrected chi connectivity index (χ4v) is 2.86. The monoisotopic (exact) mass is 262 g/mol. The Hall–Kier alpha value is -1.09. The quantitative estimate of drug-likeness (QED) is 0.847. The lowest BCUT2D eigenvalue weighted by atomic mass is 9.96. The minimum atomic E-state index is 0.0869. The van der Waals surface area contributed by atoms with Gasteiger partial charge >= 0.3 is 0 Å². The molecule has 19 heavy (non-hydrogen) atoms. The topological polar surface area (TPSA) is 48.1 Å². The van der Waals surface area contributed by atoms with Crippen LogP contribution < -0.4 is 10.5 Å². The maximum Gasteiger partial charge on any atom is 0.138 e. The van der Waals surface area contributed by atoms with Gasteiger partial charge in [-0.15, -0.1) is 0 Å². The van der Waals surface area contributed by atoms with Crippen LogP contribution in [0.5, 0.6) is 5.75 Å². The van der Waals surface area contributed by atoms with E-state index in [1.807, 2.05) is 26.1 Å². The molecule has 0 saturated heterocycles. The third kappa shape index (κ3) is 4.50. The summed E-state index contributed by atoms with van der Waals surface area (Å²) in [5, 5.41) is 0. The van der Waals surface area contributed by atoms with Crippen LogP contribution in [0.1, 0.15) is 64.0 Å². The van der Waals surface area contributed by atoms with Crippen molar-refractivity contribution in [2.45, 2.75) is 64.5 Å². The molecule has 0 aliphatic heterocycles. The molecule has 1 fully saturated rings. The highest BCUT2D eigenvalue weighted by molar-refractivity contribution is 5.25. The van der Waals surface area contributed by atoms with Gasteiger partial charge in [0.05, 0.1) is 12.3 Å².